The molecule has 0 aromatic heterocycles. The van der Waals surface area contributed by atoms with E-state index in [9.17, 15) is 9.59 Å². The van der Waals surface area contributed by atoms with Crippen LogP contribution in [0.25, 0.3) is 0 Å². The fraction of sp³-hybridized carbons (Fsp3) is 0.524. The van der Waals surface area contributed by atoms with Gasteiger partial charge in [0.05, 0.1) is 0 Å². The summed E-state index contributed by atoms with van der Waals surface area (Å²) in [5, 5.41) is 0. The Balaban J connectivity index is 2.10. The van der Waals surface area contributed by atoms with E-state index in [-0.39, 0.29) is 11.9 Å². The molecule has 1 saturated carbocycles. The van der Waals surface area contributed by atoms with E-state index in [1.165, 1.54) is 12.5 Å². The van der Waals surface area contributed by atoms with Crippen LogP contribution in [-0.4, -0.2) is 17.9 Å². The van der Waals surface area contributed by atoms with Gasteiger partial charge in [-0.25, -0.2) is 0 Å². The smallest absolute Gasteiger partial charge is 0.321 e. The molecule has 0 unspecified atom stereocenters. The highest BCUT2D eigenvalue weighted by molar-refractivity contribution is 6.10. The minimum atomic E-state index is -0.933. The molecule has 0 heterocycles. The first-order valence-corrected chi connectivity index (χ1v) is 8.86. The Bertz CT molecular complexity index is 576. The maximum atomic E-state index is 12.6. The third-order valence-electron chi connectivity index (χ3n) is 5.06. The van der Waals surface area contributed by atoms with Crippen molar-refractivity contribution in [3.63, 3.8) is 0 Å². The van der Waals surface area contributed by atoms with Crippen molar-refractivity contribution in [2.24, 2.45) is 23.7 Å². The Hall–Kier alpha value is -1.90. The van der Waals surface area contributed by atoms with Crippen molar-refractivity contribution in [3.8, 4) is 0 Å². The molecule has 1 aromatic rings. The lowest BCUT2D eigenvalue weighted by molar-refractivity contribution is -0.157. The lowest BCUT2D eigenvalue weighted by Gasteiger charge is -2.37. The number of rotatable bonds is 6. The molecule has 0 bridgehead atoms. The summed E-state index contributed by atoms with van der Waals surface area (Å²) in [6.45, 7) is 10.2. The summed E-state index contributed by atoms with van der Waals surface area (Å²) in [5.74, 6) is -0.281. The Morgan fingerprint density at radius 2 is 1.88 bits per heavy atom. The van der Waals surface area contributed by atoms with Crippen LogP contribution < -0.4 is 0 Å². The Kier molecular flexibility index (Phi) is 6.36. The Labute approximate surface area is 145 Å². The second-order valence-electron chi connectivity index (χ2n) is 7.25. The zero-order chi connectivity index (χ0) is 17.7. The van der Waals surface area contributed by atoms with E-state index in [0.29, 0.717) is 23.3 Å². The molecule has 130 valence electrons. The molecule has 3 heteroatoms. The van der Waals surface area contributed by atoms with Crippen LogP contribution in [0.15, 0.2) is 43.0 Å². The highest BCUT2D eigenvalue weighted by atomic mass is 16.5. The molecule has 0 saturated heterocycles. The largest absolute Gasteiger partial charge is 0.461 e. The minimum Gasteiger partial charge on any atom is -0.461 e. The SMILES string of the molecule is C=C[C@H](C(=O)O[C@@H]1C[C@@H](C)CC[C@@H]1C(C)C)C(=O)c1ccccc1. The van der Waals surface area contributed by atoms with Gasteiger partial charge in [0.25, 0.3) is 0 Å². The van der Waals surface area contributed by atoms with Gasteiger partial charge in [-0.15, -0.1) is 6.58 Å². The van der Waals surface area contributed by atoms with E-state index in [1.54, 1.807) is 24.3 Å². The van der Waals surface area contributed by atoms with Crippen molar-refractivity contribution in [1.29, 1.82) is 0 Å². The van der Waals surface area contributed by atoms with E-state index in [0.717, 1.165) is 12.8 Å². The van der Waals surface area contributed by atoms with Gasteiger partial charge in [0.15, 0.2) is 5.78 Å². The van der Waals surface area contributed by atoms with Crippen LogP contribution in [0.3, 0.4) is 0 Å². The zero-order valence-corrected chi connectivity index (χ0v) is 14.9. The number of hydrogen-bond acceptors (Lipinski definition) is 3. The van der Waals surface area contributed by atoms with Crippen molar-refractivity contribution >= 4 is 11.8 Å². The monoisotopic (exact) mass is 328 g/mol. The summed E-state index contributed by atoms with van der Waals surface area (Å²) in [5.41, 5.74) is 0.511. The first kappa shape index (κ1) is 18.4. The molecular weight excluding hydrogens is 300 g/mol. The topological polar surface area (TPSA) is 43.4 Å². The van der Waals surface area contributed by atoms with Gasteiger partial charge in [0.1, 0.15) is 12.0 Å². The van der Waals surface area contributed by atoms with E-state index < -0.39 is 11.9 Å². The minimum absolute atomic E-state index is 0.104. The van der Waals surface area contributed by atoms with Crippen LogP contribution in [-0.2, 0) is 9.53 Å². The lowest BCUT2D eigenvalue weighted by atomic mass is 9.75. The summed E-state index contributed by atoms with van der Waals surface area (Å²) in [4.78, 5) is 25.2. The third-order valence-corrected chi connectivity index (χ3v) is 5.06. The number of hydrogen-bond donors (Lipinski definition) is 0. The molecule has 0 amide bonds. The van der Waals surface area contributed by atoms with Crippen molar-refractivity contribution in [2.75, 3.05) is 0 Å². The summed E-state index contributed by atoms with van der Waals surface area (Å²) < 4.78 is 5.80. The maximum absolute atomic E-state index is 12.6. The maximum Gasteiger partial charge on any atom is 0.321 e. The fourth-order valence-electron chi connectivity index (χ4n) is 3.56. The molecule has 0 radical (unpaired) electrons. The summed E-state index contributed by atoms with van der Waals surface area (Å²) in [7, 11) is 0. The summed E-state index contributed by atoms with van der Waals surface area (Å²) in [6, 6.07) is 8.85. The zero-order valence-electron chi connectivity index (χ0n) is 14.9. The molecule has 0 aliphatic heterocycles. The molecule has 1 aliphatic rings. The second-order valence-corrected chi connectivity index (χ2v) is 7.25. The third kappa shape index (κ3) is 4.34. The average molecular weight is 328 g/mol. The number of carbonyl (C=O) groups is 2. The molecule has 24 heavy (non-hydrogen) atoms. The molecule has 3 nitrogen and oxygen atoms in total. The lowest BCUT2D eigenvalue weighted by Crippen LogP contribution is -2.38. The van der Waals surface area contributed by atoms with Gasteiger partial charge in [-0.1, -0.05) is 63.6 Å². The first-order chi connectivity index (χ1) is 11.4. The fourth-order valence-corrected chi connectivity index (χ4v) is 3.56. The molecule has 1 aliphatic carbocycles. The van der Waals surface area contributed by atoms with Crippen LogP contribution in [0.2, 0.25) is 0 Å². The Morgan fingerprint density at radius 3 is 2.46 bits per heavy atom. The highest BCUT2D eigenvalue weighted by Crippen LogP contribution is 2.35. The van der Waals surface area contributed by atoms with Crippen molar-refractivity contribution in [3.05, 3.63) is 48.6 Å². The predicted molar refractivity (Wildman–Crippen MR) is 95.7 cm³/mol. The number of ketones is 1. The van der Waals surface area contributed by atoms with Crippen LogP contribution >= 0.6 is 0 Å². The molecule has 1 aromatic carbocycles. The van der Waals surface area contributed by atoms with Crippen molar-refractivity contribution < 1.29 is 14.3 Å². The van der Waals surface area contributed by atoms with Crippen LogP contribution in [0, 0.1) is 23.7 Å². The van der Waals surface area contributed by atoms with Crippen molar-refractivity contribution in [2.45, 2.75) is 46.1 Å². The molecular formula is C21H28O3. The van der Waals surface area contributed by atoms with Gasteiger partial charge in [-0.3, -0.25) is 9.59 Å². The normalized spacial score (nSPS) is 25.1. The Morgan fingerprint density at radius 1 is 1.21 bits per heavy atom. The van der Waals surface area contributed by atoms with Gasteiger partial charge in [-0.05, 0) is 30.6 Å². The first-order valence-electron chi connectivity index (χ1n) is 8.86. The standard InChI is InChI=1S/C21H28O3/c1-5-17(20(22)16-9-7-6-8-10-16)21(23)24-19-13-15(4)11-12-18(19)14(2)3/h5-10,14-15,17-19H,1,11-13H2,2-4H3/t15-,17-,18+,19+/m0/s1. The number of benzene rings is 1. The molecule has 0 spiro atoms. The van der Waals surface area contributed by atoms with Crippen LogP contribution in [0.5, 0.6) is 0 Å². The highest BCUT2D eigenvalue weighted by Gasteiger charge is 2.36. The molecule has 2 rings (SSSR count). The van der Waals surface area contributed by atoms with Gasteiger partial charge in [-0.2, -0.15) is 0 Å². The van der Waals surface area contributed by atoms with Crippen molar-refractivity contribution in [1.82, 2.24) is 0 Å². The average Bonchev–Trinajstić information content (AvgIpc) is 2.56. The van der Waals surface area contributed by atoms with Gasteiger partial charge < -0.3 is 4.74 Å². The van der Waals surface area contributed by atoms with E-state index in [2.05, 4.69) is 27.4 Å². The number of ether oxygens (including phenoxy) is 1. The van der Waals surface area contributed by atoms with Gasteiger partial charge >= 0.3 is 5.97 Å². The summed E-state index contributed by atoms with van der Waals surface area (Å²) in [6.07, 6.45) is 4.41. The van der Waals surface area contributed by atoms with E-state index in [4.69, 9.17) is 4.74 Å². The van der Waals surface area contributed by atoms with Gasteiger partial charge in [0.2, 0.25) is 0 Å². The molecule has 0 N–H and O–H groups in total. The number of carbonyl (C=O) groups excluding carboxylic acids is 2. The quantitative estimate of drug-likeness (QED) is 0.330. The van der Waals surface area contributed by atoms with E-state index in [1.807, 2.05) is 6.07 Å². The predicted octanol–water partition coefficient (Wildman–Crippen LogP) is 4.68. The summed E-state index contributed by atoms with van der Waals surface area (Å²) >= 11 is 0. The molecule has 1 fully saturated rings. The number of Topliss-reactive ketones (excluding diaryl/α,β-unsaturated/α-hetero) is 1. The van der Waals surface area contributed by atoms with Crippen LogP contribution in [0.4, 0.5) is 0 Å². The number of esters is 1. The second kappa shape index (κ2) is 8.27. The van der Waals surface area contributed by atoms with Gasteiger partial charge in [0, 0.05) is 5.56 Å². The van der Waals surface area contributed by atoms with Crippen LogP contribution in [0.1, 0.15) is 50.4 Å². The molecule has 4 atom stereocenters. The van der Waals surface area contributed by atoms with E-state index >= 15 is 0 Å².